The lowest BCUT2D eigenvalue weighted by Crippen LogP contribution is -2.43. The van der Waals surface area contributed by atoms with Crippen LogP contribution < -0.4 is 5.32 Å². The lowest BCUT2D eigenvalue weighted by atomic mass is 10.1. The van der Waals surface area contributed by atoms with E-state index >= 15 is 0 Å². The predicted molar refractivity (Wildman–Crippen MR) is 111 cm³/mol. The summed E-state index contributed by atoms with van der Waals surface area (Å²) in [5.74, 6) is -0.453. The van der Waals surface area contributed by atoms with Crippen molar-refractivity contribution in [3.63, 3.8) is 0 Å². The first-order valence-corrected chi connectivity index (χ1v) is 9.72. The summed E-state index contributed by atoms with van der Waals surface area (Å²) in [5, 5.41) is 3.79. The molecule has 0 fully saturated rings. The van der Waals surface area contributed by atoms with Crippen LogP contribution in [0.25, 0.3) is 10.9 Å². The summed E-state index contributed by atoms with van der Waals surface area (Å²) < 4.78 is 4.88. The maximum atomic E-state index is 12.7. The van der Waals surface area contributed by atoms with E-state index in [1.807, 2.05) is 49.5 Å². The molecular weight excluding hydrogens is 368 g/mol. The highest BCUT2D eigenvalue weighted by Crippen LogP contribution is 2.18. The molecule has 0 spiro atoms. The predicted octanol–water partition coefficient (Wildman–Crippen LogP) is 3.19. The lowest BCUT2D eigenvalue weighted by Gasteiger charge is -2.23. The molecule has 1 aromatic carbocycles. The van der Waals surface area contributed by atoms with Crippen LogP contribution in [0.1, 0.15) is 23.9 Å². The molecule has 7 heteroatoms. The summed E-state index contributed by atoms with van der Waals surface area (Å²) in [4.78, 5) is 33.8. The van der Waals surface area contributed by atoms with Gasteiger partial charge in [0.15, 0.2) is 0 Å². The summed E-state index contributed by atoms with van der Waals surface area (Å²) in [6, 6.07) is 13.5. The first-order chi connectivity index (χ1) is 14.1. The van der Waals surface area contributed by atoms with E-state index < -0.39 is 5.97 Å². The van der Waals surface area contributed by atoms with Crippen molar-refractivity contribution in [3.8, 4) is 0 Å². The molecule has 2 amide bonds. The summed E-state index contributed by atoms with van der Waals surface area (Å²) in [5.41, 5.74) is 3.91. The number of aromatic nitrogens is 2. The average Bonchev–Trinajstić information content (AvgIpc) is 3.13. The molecule has 3 rings (SSSR count). The number of hydrogen-bond donors (Lipinski definition) is 2. The van der Waals surface area contributed by atoms with Crippen LogP contribution in [0, 0.1) is 6.92 Å². The summed E-state index contributed by atoms with van der Waals surface area (Å²) in [6.07, 6.45) is 2.66. The zero-order valence-electron chi connectivity index (χ0n) is 16.8. The Morgan fingerprint density at radius 2 is 2.00 bits per heavy atom. The van der Waals surface area contributed by atoms with E-state index in [-0.39, 0.29) is 19.2 Å². The number of benzene rings is 1. The van der Waals surface area contributed by atoms with Crippen LogP contribution in [0.3, 0.4) is 0 Å². The fourth-order valence-electron chi connectivity index (χ4n) is 3.20. The number of esters is 1. The van der Waals surface area contributed by atoms with Crippen molar-refractivity contribution in [2.45, 2.75) is 26.8 Å². The Morgan fingerprint density at radius 3 is 2.79 bits per heavy atom. The quantitative estimate of drug-likeness (QED) is 0.575. The third-order valence-electron chi connectivity index (χ3n) is 4.60. The van der Waals surface area contributed by atoms with Crippen LogP contribution in [0.4, 0.5) is 4.79 Å². The summed E-state index contributed by atoms with van der Waals surface area (Å²) >= 11 is 0. The number of nitrogens with zero attached hydrogens (tertiary/aromatic N) is 2. The molecule has 0 unspecified atom stereocenters. The molecule has 0 radical (unpaired) electrons. The minimum atomic E-state index is -0.453. The van der Waals surface area contributed by atoms with Gasteiger partial charge in [-0.05, 0) is 44.0 Å². The maximum absolute atomic E-state index is 12.7. The van der Waals surface area contributed by atoms with Gasteiger partial charge in [0, 0.05) is 29.3 Å². The van der Waals surface area contributed by atoms with Crippen molar-refractivity contribution >= 4 is 22.9 Å². The van der Waals surface area contributed by atoms with Gasteiger partial charge in [-0.15, -0.1) is 0 Å². The van der Waals surface area contributed by atoms with E-state index in [4.69, 9.17) is 4.74 Å². The van der Waals surface area contributed by atoms with Crippen molar-refractivity contribution in [2.24, 2.45) is 0 Å². The highest BCUT2D eigenvalue weighted by atomic mass is 16.5. The van der Waals surface area contributed by atoms with E-state index in [2.05, 4.69) is 21.4 Å². The molecule has 0 saturated heterocycles. The smallest absolute Gasteiger partial charge is 0.325 e. The van der Waals surface area contributed by atoms with Gasteiger partial charge in [-0.3, -0.25) is 9.78 Å². The number of nitrogens with one attached hydrogen (secondary N) is 2. The number of H-pyrrole nitrogens is 1. The summed E-state index contributed by atoms with van der Waals surface area (Å²) in [7, 11) is 0. The van der Waals surface area contributed by atoms with E-state index in [0.29, 0.717) is 19.5 Å². The normalized spacial score (nSPS) is 10.7. The standard InChI is InChI=1S/C22H26N4O3/c1-3-29-21(27)14-24-22(28)26(15-18-8-6-7-16(2)25-18)12-11-17-13-23-20-10-5-4-9-19(17)20/h4-10,13,23H,3,11-12,14-15H2,1-2H3,(H,24,28). The number of aryl methyl sites for hydroxylation is 1. The molecule has 0 aliphatic rings. The number of aromatic amines is 1. The number of carbonyl (C=O) groups excluding carboxylic acids is 2. The number of amides is 2. The minimum Gasteiger partial charge on any atom is -0.465 e. The number of ether oxygens (including phenoxy) is 1. The number of para-hydroxylation sites is 1. The molecule has 29 heavy (non-hydrogen) atoms. The highest BCUT2D eigenvalue weighted by Gasteiger charge is 2.17. The fraction of sp³-hybridized carbons (Fsp3) is 0.318. The van der Waals surface area contributed by atoms with E-state index in [1.54, 1.807) is 11.8 Å². The van der Waals surface area contributed by atoms with Gasteiger partial charge in [0.1, 0.15) is 6.54 Å². The molecule has 0 saturated carbocycles. The Morgan fingerprint density at radius 1 is 1.17 bits per heavy atom. The van der Waals surface area contributed by atoms with Gasteiger partial charge in [-0.1, -0.05) is 24.3 Å². The second-order valence-corrected chi connectivity index (χ2v) is 6.77. The molecule has 3 aromatic rings. The van der Waals surface area contributed by atoms with Crippen molar-refractivity contribution in [2.75, 3.05) is 19.7 Å². The number of hydrogen-bond acceptors (Lipinski definition) is 4. The van der Waals surface area contributed by atoms with Crippen LogP contribution in [-0.2, 0) is 22.5 Å². The molecule has 7 nitrogen and oxygen atoms in total. The van der Waals surface area contributed by atoms with E-state index in [1.165, 1.54) is 0 Å². The van der Waals surface area contributed by atoms with E-state index in [9.17, 15) is 9.59 Å². The van der Waals surface area contributed by atoms with Crippen molar-refractivity contribution < 1.29 is 14.3 Å². The molecule has 152 valence electrons. The van der Waals surface area contributed by atoms with Gasteiger partial charge in [-0.25, -0.2) is 4.79 Å². The Hall–Kier alpha value is -3.35. The Bertz CT molecular complexity index is 983. The first-order valence-electron chi connectivity index (χ1n) is 9.72. The highest BCUT2D eigenvalue weighted by molar-refractivity contribution is 5.83. The monoisotopic (exact) mass is 394 g/mol. The van der Waals surface area contributed by atoms with Crippen LogP contribution in [0.15, 0.2) is 48.7 Å². The molecule has 2 aromatic heterocycles. The third kappa shape index (κ3) is 5.57. The zero-order chi connectivity index (χ0) is 20.6. The average molecular weight is 394 g/mol. The van der Waals surface area contributed by atoms with Gasteiger partial charge in [0.25, 0.3) is 0 Å². The van der Waals surface area contributed by atoms with E-state index in [0.717, 1.165) is 27.9 Å². The zero-order valence-corrected chi connectivity index (χ0v) is 16.8. The molecule has 2 heterocycles. The largest absolute Gasteiger partial charge is 0.465 e. The van der Waals surface area contributed by atoms with Crippen LogP contribution in [-0.4, -0.2) is 46.6 Å². The van der Waals surface area contributed by atoms with Crippen LogP contribution in [0.5, 0.6) is 0 Å². The molecule has 0 aliphatic carbocycles. The number of urea groups is 1. The molecule has 2 N–H and O–H groups in total. The SMILES string of the molecule is CCOC(=O)CNC(=O)N(CCc1c[nH]c2ccccc12)Cc1cccc(C)n1. The molecule has 0 bridgehead atoms. The van der Waals surface area contributed by atoms with Crippen molar-refractivity contribution in [1.29, 1.82) is 0 Å². The van der Waals surface area contributed by atoms with Gasteiger partial charge in [0.2, 0.25) is 0 Å². The van der Waals surface area contributed by atoms with Gasteiger partial charge < -0.3 is 19.9 Å². The maximum Gasteiger partial charge on any atom is 0.325 e. The van der Waals surface area contributed by atoms with Gasteiger partial charge in [0.05, 0.1) is 18.8 Å². The number of carbonyl (C=O) groups is 2. The van der Waals surface area contributed by atoms with Crippen molar-refractivity contribution in [3.05, 3.63) is 65.6 Å². The summed E-state index contributed by atoms with van der Waals surface area (Å²) in [6.45, 7) is 4.63. The minimum absolute atomic E-state index is 0.155. The number of rotatable bonds is 8. The molecular formula is C22H26N4O3. The second-order valence-electron chi connectivity index (χ2n) is 6.77. The topological polar surface area (TPSA) is 87.3 Å². The van der Waals surface area contributed by atoms with Gasteiger partial charge in [-0.2, -0.15) is 0 Å². The Balaban J connectivity index is 1.70. The number of fused-ring (bicyclic) bond motifs is 1. The van der Waals surface area contributed by atoms with Crippen LogP contribution in [0.2, 0.25) is 0 Å². The van der Waals surface area contributed by atoms with Gasteiger partial charge >= 0.3 is 12.0 Å². The lowest BCUT2D eigenvalue weighted by molar-refractivity contribution is -0.141. The van der Waals surface area contributed by atoms with Crippen LogP contribution >= 0.6 is 0 Å². The van der Waals surface area contributed by atoms with Crippen molar-refractivity contribution in [1.82, 2.24) is 20.2 Å². The number of pyridine rings is 1. The second kappa shape index (κ2) is 9.73. The molecule has 0 aliphatic heterocycles. The third-order valence-corrected chi connectivity index (χ3v) is 4.60. The fourth-order valence-corrected chi connectivity index (χ4v) is 3.20. The Kier molecular flexibility index (Phi) is 6.84. The molecule has 0 atom stereocenters. The first kappa shape index (κ1) is 20.4. The Labute approximate surface area is 170 Å².